The Morgan fingerprint density at radius 2 is 1.81 bits per heavy atom. The highest BCUT2D eigenvalue weighted by molar-refractivity contribution is 14.1. The quantitative estimate of drug-likeness (QED) is 0.599. The zero-order valence-electron chi connectivity index (χ0n) is 11.5. The Balaban J connectivity index is 2.34. The second-order valence-corrected chi connectivity index (χ2v) is 7.72. The Bertz CT molecular complexity index is 727. The minimum Gasteiger partial charge on any atom is -0.494 e. The molecule has 2 N–H and O–H groups in total. The lowest BCUT2D eigenvalue weighted by atomic mass is 10.2. The van der Waals surface area contributed by atoms with Crippen molar-refractivity contribution in [3.63, 3.8) is 0 Å². The Hall–Kier alpha value is -1.28. The minimum absolute atomic E-state index is 0.0797. The van der Waals surface area contributed by atoms with E-state index in [0.717, 1.165) is 9.13 Å². The van der Waals surface area contributed by atoms with Crippen molar-refractivity contribution in [2.75, 3.05) is 12.3 Å². The molecule has 0 amide bonds. The van der Waals surface area contributed by atoms with E-state index in [9.17, 15) is 8.42 Å². The van der Waals surface area contributed by atoms with Crippen molar-refractivity contribution in [3.8, 4) is 5.75 Å². The van der Waals surface area contributed by atoms with Crippen molar-refractivity contribution in [1.82, 2.24) is 0 Å². The molecule has 2 aromatic rings. The molecule has 0 unspecified atom stereocenters. The standard InChI is InChI=1S/C15H16INO3S/c1-2-20-13-7-8-14(17)15(9-13)21(18,19)10-11-3-5-12(16)6-4-11/h3-9H,2,10,17H2,1H3. The summed E-state index contributed by atoms with van der Waals surface area (Å²) in [6, 6.07) is 12.1. The van der Waals surface area contributed by atoms with Gasteiger partial charge < -0.3 is 10.5 Å². The average Bonchev–Trinajstić information content (AvgIpc) is 2.43. The highest BCUT2D eigenvalue weighted by Gasteiger charge is 2.19. The smallest absolute Gasteiger partial charge is 0.184 e. The number of halogens is 1. The fraction of sp³-hybridized carbons (Fsp3) is 0.200. The summed E-state index contributed by atoms with van der Waals surface area (Å²) < 4.78 is 31.5. The maximum absolute atomic E-state index is 12.5. The minimum atomic E-state index is -3.51. The predicted octanol–water partition coefficient (Wildman–Crippen LogP) is 3.25. The lowest BCUT2D eigenvalue weighted by Gasteiger charge is -2.10. The number of nitrogens with two attached hydrogens (primary N) is 1. The van der Waals surface area contributed by atoms with Crippen molar-refractivity contribution < 1.29 is 13.2 Å². The molecule has 6 heteroatoms. The molecule has 0 atom stereocenters. The fourth-order valence-corrected chi connectivity index (χ4v) is 3.79. The predicted molar refractivity (Wildman–Crippen MR) is 92.1 cm³/mol. The molecule has 0 heterocycles. The molecule has 0 aliphatic heterocycles. The maximum Gasteiger partial charge on any atom is 0.184 e. The van der Waals surface area contributed by atoms with Crippen molar-refractivity contribution in [1.29, 1.82) is 0 Å². The average molecular weight is 417 g/mol. The summed E-state index contributed by atoms with van der Waals surface area (Å²) >= 11 is 2.18. The number of hydrogen-bond acceptors (Lipinski definition) is 4. The van der Waals surface area contributed by atoms with Gasteiger partial charge in [-0.05, 0) is 59.3 Å². The van der Waals surface area contributed by atoms with Crippen molar-refractivity contribution in [2.24, 2.45) is 0 Å². The largest absolute Gasteiger partial charge is 0.494 e. The van der Waals surface area contributed by atoms with Gasteiger partial charge in [0.25, 0.3) is 0 Å². The van der Waals surface area contributed by atoms with Crippen LogP contribution < -0.4 is 10.5 Å². The fourth-order valence-electron chi connectivity index (χ4n) is 1.92. The topological polar surface area (TPSA) is 69.4 Å². The molecule has 0 fully saturated rings. The SMILES string of the molecule is CCOc1ccc(N)c(S(=O)(=O)Cc2ccc(I)cc2)c1. The number of sulfone groups is 1. The van der Waals surface area contributed by atoms with Crippen LogP contribution in [-0.4, -0.2) is 15.0 Å². The lowest BCUT2D eigenvalue weighted by Crippen LogP contribution is -2.08. The third-order valence-corrected chi connectivity index (χ3v) is 5.36. The zero-order valence-corrected chi connectivity index (χ0v) is 14.5. The van der Waals surface area contributed by atoms with Gasteiger partial charge >= 0.3 is 0 Å². The van der Waals surface area contributed by atoms with E-state index in [0.29, 0.717) is 12.4 Å². The van der Waals surface area contributed by atoms with Gasteiger partial charge in [0.1, 0.15) is 5.75 Å². The first-order chi connectivity index (χ1) is 9.92. The molecule has 0 aliphatic carbocycles. The van der Waals surface area contributed by atoms with E-state index >= 15 is 0 Å². The van der Waals surface area contributed by atoms with Crippen LogP contribution in [0.25, 0.3) is 0 Å². The third-order valence-electron chi connectivity index (χ3n) is 2.90. The van der Waals surface area contributed by atoms with Crippen LogP contribution in [0.4, 0.5) is 5.69 Å². The van der Waals surface area contributed by atoms with Gasteiger partial charge in [0.2, 0.25) is 0 Å². The lowest BCUT2D eigenvalue weighted by molar-refractivity contribution is 0.339. The van der Waals surface area contributed by atoms with Gasteiger partial charge in [0.15, 0.2) is 9.84 Å². The Kier molecular flexibility index (Phi) is 5.10. The van der Waals surface area contributed by atoms with E-state index in [-0.39, 0.29) is 16.3 Å². The summed E-state index contributed by atoms with van der Waals surface area (Å²) in [7, 11) is -3.51. The normalized spacial score (nSPS) is 11.3. The maximum atomic E-state index is 12.5. The molecule has 0 saturated carbocycles. The van der Waals surface area contributed by atoms with E-state index in [1.54, 1.807) is 12.1 Å². The van der Waals surface area contributed by atoms with Crippen LogP contribution in [0.5, 0.6) is 5.75 Å². The van der Waals surface area contributed by atoms with Gasteiger partial charge in [0, 0.05) is 9.64 Å². The highest BCUT2D eigenvalue weighted by Crippen LogP contribution is 2.27. The second kappa shape index (κ2) is 6.65. The summed E-state index contributed by atoms with van der Waals surface area (Å²) in [5, 5.41) is 0. The summed E-state index contributed by atoms with van der Waals surface area (Å²) in [5.41, 5.74) is 6.79. The number of ether oxygens (including phenoxy) is 1. The molecule has 0 radical (unpaired) electrons. The van der Waals surface area contributed by atoms with Crippen LogP contribution in [0.3, 0.4) is 0 Å². The number of benzene rings is 2. The van der Waals surface area contributed by atoms with Gasteiger partial charge in [-0.3, -0.25) is 0 Å². The highest BCUT2D eigenvalue weighted by atomic mass is 127. The molecule has 4 nitrogen and oxygen atoms in total. The number of hydrogen-bond donors (Lipinski definition) is 1. The van der Waals surface area contributed by atoms with E-state index in [4.69, 9.17) is 10.5 Å². The van der Waals surface area contributed by atoms with Gasteiger partial charge in [-0.1, -0.05) is 12.1 Å². The number of nitrogen functional groups attached to an aromatic ring is 1. The summed E-state index contributed by atoms with van der Waals surface area (Å²) in [5.74, 6) is 0.428. The summed E-state index contributed by atoms with van der Waals surface area (Å²) in [4.78, 5) is 0.118. The molecular weight excluding hydrogens is 401 g/mol. The van der Waals surface area contributed by atoms with Crippen LogP contribution in [0.2, 0.25) is 0 Å². The van der Waals surface area contributed by atoms with E-state index < -0.39 is 9.84 Å². The van der Waals surface area contributed by atoms with Crippen LogP contribution in [0.1, 0.15) is 12.5 Å². The van der Waals surface area contributed by atoms with Crippen molar-refractivity contribution in [2.45, 2.75) is 17.6 Å². The molecule has 21 heavy (non-hydrogen) atoms. The van der Waals surface area contributed by atoms with Gasteiger partial charge in [-0.15, -0.1) is 0 Å². The first-order valence-electron chi connectivity index (χ1n) is 6.42. The van der Waals surface area contributed by atoms with Crippen molar-refractivity contribution >= 4 is 38.1 Å². The second-order valence-electron chi connectivity index (χ2n) is 4.52. The molecule has 0 aromatic heterocycles. The van der Waals surface area contributed by atoms with Crippen LogP contribution in [-0.2, 0) is 15.6 Å². The van der Waals surface area contributed by atoms with Crippen LogP contribution in [0, 0.1) is 3.57 Å². The first-order valence-corrected chi connectivity index (χ1v) is 9.15. The number of rotatable bonds is 5. The van der Waals surface area contributed by atoms with E-state index in [1.807, 2.05) is 31.2 Å². The Morgan fingerprint density at radius 1 is 1.14 bits per heavy atom. The van der Waals surface area contributed by atoms with Crippen LogP contribution >= 0.6 is 22.6 Å². The van der Waals surface area contributed by atoms with Gasteiger partial charge in [-0.25, -0.2) is 8.42 Å². The third kappa shape index (κ3) is 4.10. The van der Waals surface area contributed by atoms with Gasteiger partial charge in [0.05, 0.1) is 22.9 Å². The van der Waals surface area contributed by atoms with E-state index in [1.165, 1.54) is 6.07 Å². The Morgan fingerprint density at radius 3 is 2.43 bits per heavy atom. The Labute approximate surface area is 138 Å². The molecule has 0 bridgehead atoms. The molecular formula is C15H16INO3S. The monoisotopic (exact) mass is 417 g/mol. The molecule has 0 spiro atoms. The summed E-state index contributed by atoms with van der Waals surface area (Å²) in [6.07, 6.45) is 0. The first kappa shape index (κ1) is 16.1. The van der Waals surface area contributed by atoms with E-state index in [2.05, 4.69) is 22.6 Å². The molecule has 2 rings (SSSR count). The zero-order chi connectivity index (χ0) is 15.5. The van der Waals surface area contributed by atoms with Gasteiger partial charge in [-0.2, -0.15) is 0 Å². The molecule has 112 valence electrons. The van der Waals surface area contributed by atoms with Crippen molar-refractivity contribution in [3.05, 3.63) is 51.6 Å². The summed E-state index contributed by atoms with van der Waals surface area (Å²) in [6.45, 7) is 2.32. The molecule has 0 aliphatic rings. The van der Waals surface area contributed by atoms with Crippen LogP contribution in [0.15, 0.2) is 47.4 Å². The molecule has 0 saturated heterocycles. The number of anilines is 1. The molecule has 2 aromatic carbocycles.